The number of hydrogen-bond acceptors (Lipinski definition) is 3. The summed E-state index contributed by atoms with van der Waals surface area (Å²) < 4.78 is 0.929. The lowest BCUT2D eigenvalue weighted by molar-refractivity contribution is -0.122. The van der Waals surface area contributed by atoms with Crippen LogP contribution in [0.15, 0.2) is 22.7 Å². The number of anilines is 1. The largest absolute Gasteiger partial charge is 0.358 e. The molecule has 1 heterocycles. The first-order valence-corrected chi connectivity index (χ1v) is 7.67. The second-order valence-electron chi connectivity index (χ2n) is 4.68. The Balaban J connectivity index is 2.24. The highest BCUT2D eigenvalue weighted by molar-refractivity contribution is 9.10. The van der Waals surface area contributed by atoms with Crippen LogP contribution in [0.25, 0.3) is 0 Å². The van der Waals surface area contributed by atoms with E-state index in [4.69, 9.17) is 16.9 Å². The van der Waals surface area contributed by atoms with Crippen molar-refractivity contribution in [2.45, 2.75) is 25.3 Å². The van der Waals surface area contributed by atoms with Crippen LogP contribution in [0.3, 0.4) is 0 Å². The third-order valence-corrected chi connectivity index (χ3v) is 4.18. The van der Waals surface area contributed by atoms with E-state index in [0.29, 0.717) is 5.02 Å². The first kappa shape index (κ1) is 15.1. The molecule has 106 valence electrons. The van der Waals surface area contributed by atoms with Gasteiger partial charge >= 0.3 is 0 Å². The minimum absolute atomic E-state index is 0.0371. The quantitative estimate of drug-likeness (QED) is 0.847. The van der Waals surface area contributed by atoms with E-state index in [1.54, 1.807) is 0 Å². The molecule has 0 aromatic heterocycles. The van der Waals surface area contributed by atoms with Crippen LogP contribution >= 0.6 is 27.5 Å². The van der Waals surface area contributed by atoms with Gasteiger partial charge in [-0.3, -0.25) is 4.79 Å². The summed E-state index contributed by atoms with van der Waals surface area (Å²) in [5, 5.41) is 11.8. The van der Waals surface area contributed by atoms with Gasteiger partial charge in [-0.25, -0.2) is 0 Å². The molecule has 1 fully saturated rings. The van der Waals surface area contributed by atoms with Crippen LogP contribution in [-0.2, 0) is 4.79 Å². The van der Waals surface area contributed by atoms with Crippen LogP contribution in [0.2, 0.25) is 5.02 Å². The Morgan fingerprint density at radius 2 is 2.35 bits per heavy atom. The Morgan fingerprint density at radius 1 is 1.55 bits per heavy atom. The lowest BCUT2D eigenvalue weighted by Gasteiger charge is -2.37. The van der Waals surface area contributed by atoms with Crippen molar-refractivity contribution < 1.29 is 4.79 Å². The molecule has 20 heavy (non-hydrogen) atoms. The molecule has 0 aliphatic carbocycles. The molecule has 1 amide bonds. The van der Waals surface area contributed by atoms with Crippen LogP contribution in [0.4, 0.5) is 5.69 Å². The molecule has 6 heteroatoms. The van der Waals surface area contributed by atoms with Gasteiger partial charge in [0.05, 0.1) is 16.8 Å². The summed E-state index contributed by atoms with van der Waals surface area (Å²) in [5.74, 6) is -0.109. The van der Waals surface area contributed by atoms with Crippen molar-refractivity contribution in [3.8, 4) is 6.07 Å². The molecule has 1 aromatic rings. The topological polar surface area (TPSA) is 56.1 Å². The third kappa shape index (κ3) is 3.44. The number of nitrogens with zero attached hydrogens (tertiary/aromatic N) is 2. The Bertz CT molecular complexity index is 544. The summed E-state index contributed by atoms with van der Waals surface area (Å²) in [6.45, 7) is 0.830. The van der Waals surface area contributed by atoms with Crippen molar-refractivity contribution >= 4 is 39.1 Å². The molecule has 1 aromatic carbocycles. The fourth-order valence-electron chi connectivity index (χ4n) is 2.44. The van der Waals surface area contributed by atoms with Gasteiger partial charge in [-0.15, -0.1) is 0 Å². The molecule has 0 radical (unpaired) electrons. The zero-order valence-electron chi connectivity index (χ0n) is 10.9. The molecule has 0 bridgehead atoms. The van der Waals surface area contributed by atoms with E-state index in [2.05, 4.69) is 21.2 Å². The molecule has 1 unspecified atom stereocenters. The summed E-state index contributed by atoms with van der Waals surface area (Å²) in [7, 11) is 0. The summed E-state index contributed by atoms with van der Waals surface area (Å²) in [4.78, 5) is 14.2. The third-order valence-electron chi connectivity index (χ3n) is 3.36. The predicted molar refractivity (Wildman–Crippen MR) is 82.8 cm³/mol. The van der Waals surface area contributed by atoms with E-state index in [9.17, 15) is 4.79 Å². The normalized spacial score (nSPS) is 18.4. The van der Waals surface area contributed by atoms with Crippen LogP contribution in [0.1, 0.15) is 19.3 Å². The maximum Gasteiger partial charge on any atom is 0.243 e. The SMILES string of the molecule is N#CCNC(=O)C1CCCCN1c1cc(Br)ccc1Cl. The van der Waals surface area contributed by atoms with Crippen molar-refractivity contribution in [1.29, 1.82) is 5.26 Å². The highest BCUT2D eigenvalue weighted by Gasteiger charge is 2.29. The van der Waals surface area contributed by atoms with Gasteiger partial charge in [0.25, 0.3) is 0 Å². The standard InChI is InChI=1S/C14H15BrClN3O/c15-10-4-5-11(16)13(9-10)19-8-2-1-3-12(19)14(20)18-7-6-17/h4-5,9,12H,1-3,7-8H2,(H,18,20). The number of benzene rings is 1. The number of carbonyl (C=O) groups excluding carboxylic acids is 1. The fourth-order valence-corrected chi connectivity index (χ4v) is 3.02. The van der Waals surface area contributed by atoms with Crippen molar-refractivity contribution in [3.63, 3.8) is 0 Å². The average Bonchev–Trinajstić information content (AvgIpc) is 2.47. The molecule has 0 spiro atoms. The molecule has 0 saturated carbocycles. The maximum absolute atomic E-state index is 12.2. The second kappa shape index (κ2) is 6.96. The number of carbonyl (C=O) groups is 1. The average molecular weight is 357 g/mol. The number of piperidine rings is 1. The molecule has 2 rings (SSSR count). The Morgan fingerprint density at radius 3 is 3.10 bits per heavy atom. The number of nitriles is 1. The van der Waals surface area contributed by atoms with Crippen molar-refractivity contribution in [2.24, 2.45) is 0 Å². The molecular formula is C14H15BrClN3O. The smallest absolute Gasteiger partial charge is 0.243 e. The molecule has 1 aliphatic heterocycles. The van der Waals surface area contributed by atoms with E-state index in [0.717, 1.165) is 36.0 Å². The molecule has 4 nitrogen and oxygen atoms in total. The van der Waals surface area contributed by atoms with Gasteiger partial charge in [0.1, 0.15) is 12.6 Å². The lowest BCUT2D eigenvalue weighted by atomic mass is 10.0. The van der Waals surface area contributed by atoms with Crippen LogP contribution in [0, 0.1) is 11.3 Å². The first-order valence-electron chi connectivity index (χ1n) is 6.50. The van der Waals surface area contributed by atoms with Gasteiger partial charge in [0.15, 0.2) is 0 Å². The second-order valence-corrected chi connectivity index (χ2v) is 6.00. The molecule has 1 atom stereocenters. The lowest BCUT2D eigenvalue weighted by Crippen LogP contribution is -2.49. The van der Waals surface area contributed by atoms with Gasteiger partial charge in [0, 0.05) is 11.0 Å². The highest BCUT2D eigenvalue weighted by Crippen LogP contribution is 2.33. The number of halogens is 2. The number of hydrogen-bond donors (Lipinski definition) is 1. The van der Waals surface area contributed by atoms with Gasteiger partial charge in [-0.05, 0) is 37.5 Å². The summed E-state index contributed by atoms with van der Waals surface area (Å²) in [6.07, 6.45) is 2.82. The van der Waals surface area contributed by atoms with E-state index >= 15 is 0 Å². The fraction of sp³-hybridized carbons (Fsp3) is 0.429. The van der Waals surface area contributed by atoms with Crippen molar-refractivity contribution in [2.75, 3.05) is 18.0 Å². The van der Waals surface area contributed by atoms with Gasteiger partial charge < -0.3 is 10.2 Å². The molecule has 1 N–H and O–H groups in total. The van der Waals surface area contributed by atoms with Crippen molar-refractivity contribution in [1.82, 2.24) is 5.32 Å². The van der Waals surface area contributed by atoms with Crippen molar-refractivity contribution in [3.05, 3.63) is 27.7 Å². The predicted octanol–water partition coefficient (Wildman–Crippen LogP) is 3.10. The number of rotatable bonds is 3. The summed E-state index contributed by atoms with van der Waals surface area (Å²) in [5.41, 5.74) is 0.859. The van der Waals surface area contributed by atoms with E-state index < -0.39 is 0 Å². The Labute approximate surface area is 131 Å². The summed E-state index contributed by atoms with van der Waals surface area (Å²) >= 11 is 9.69. The number of nitrogens with one attached hydrogen (secondary N) is 1. The number of amides is 1. The van der Waals surface area contributed by atoms with E-state index in [1.165, 1.54) is 0 Å². The van der Waals surface area contributed by atoms with Gasteiger partial charge in [-0.1, -0.05) is 27.5 Å². The minimum atomic E-state index is -0.260. The molecule has 1 saturated heterocycles. The Hall–Kier alpha value is -1.25. The van der Waals surface area contributed by atoms with Gasteiger partial charge in [-0.2, -0.15) is 5.26 Å². The summed E-state index contributed by atoms with van der Waals surface area (Å²) in [6, 6.07) is 7.29. The molecular weight excluding hydrogens is 342 g/mol. The zero-order valence-corrected chi connectivity index (χ0v) is 13.2. The van der Waals surface area contributed by atoms with Crippen LogP contribution < -0.4 is 10.2 Å². The maximum atomic E-state index is 12.2. The van der Waals surface area contributed by atoms with Crippen LogP contribution in [-0.4, -0.2) is 25.0 Å². The van der Waals surface area contributed by atoms with E-state index in [1.807, 2.05) is 29.2 Å². The first-order chi connectivity index (χ1) is 9.63. The zero-order chi connectivity index (χ0) is 14.5. The molecule has 1 aliphatic rings. The van der Waals surface area contributed by atoms with Crippen LogP contribution in [0.5, 0.6) is 0 Å². The van der Waals surface area contributed by atoms with Gasteiger partial charge in [0.2, 0.25) is 5.91 Å². The minimum Gasteiger partial charge on any atom is -0.358 e. The van der Waals surface area contributed by atoms with E-state index in [-0.39, 0.29) is 18.5 Å². The monoisotopic (exact) mass is 355 g/mol. The highest BCUT2D eigenvalue weighted by atomic mass is 79.9. The Kier molecular flexibility index (Phi) is 5.27.